The third kappa shape index (κ3) is 3.15. The van der Waals surface area contributed by atoms with Gasteiger partial charge in [0.2, 0.25) is 5.91 Å². The molecule has 0 unspecified atom stereocenters. The van der Waals surface area contributed by atoms with E-state index in [0.717, 1.165) is 25.9 Å². The quantitative estimate of drug-likeness (QED) is 0.849. The van der Waals surface area contributed by atoms with Gasteiger partial charge in [-0.2, -0.15) is 5.10 Å². The molecule has 1 amide bonds. The molecular weight excluding hydrogens is 240 g/mol. The normalized spacial score (nSPS) is 19.5. The van der Waals surface area contributed by atoms with Gasteiger partial charge in [0.1, 0.15) is 0 Å². The fourth-order valence-electron chi connectivity index (χ4n) is 2.47. The monoisotopic (exact) mass is 264 g/mol. The van der Waals surface area contributed by atoms with Gasteiger partial charge in [0, 0.05) is 30.9 Å². The summed E-state index contributed by atoms with van der Waals surface area (Å²) >= 11 is 0. The second kappa shape index (κ2) is 5.33. The number of carbonyl (C=O) groups is 1. The van der Waals surface area contributed by atoms with E-state index in [1.807, 2.05) is 31.7 Å². The van der Waals surface area contributed by atoms with Crippen molar-refractivity contribution in [2.45, 2.75) is 45.6 Å². The van der Waals surface area contributed by atoms with E-state index in [4.69, 9.17) is 5.73 Å². The Labute approximate surface area is 114 Å². The molecule has 1 atom stereocenters. The first kappa shape index (κ1) is 14.1. The predicted molar refractivity (Wildman–Crippen MR) is 74.6 cm³/mol. The summed E-state index contributed by atoms with van der Waals surface area (Å²) in [6.45, 7) is 7.59. The summed E-state index contributed by atoms with van der Waals surface area (Å²) < 4.78 is 0. The van der Waals surface area contributed by atoms with Gasteiger partial charge in [-0.3, -0.25) is 9.89 Å². The zero-order chi connectivity index (χ0) is 14.0. The third-order valence-corrected chi connectivity index (χ3v) is 3.97. The maximum atomic E-state index is 12.3. The minimum absolute atomic E-state index is 0.0792. The Hall–Kier alpha value is -1.36. The van der Waals surface area contributed by atoms with Crippen LogP contribution in [-0.4, -0.2) is 40.1 Å². The van der Waals surface area contributed by atoms with Crippen molar-refractivity contribution in [1.29, 1.82) is 0 Å². The molecule has 1 aromatic heterocycles. The van der Waals surface area contributed by atoms with E-state index in [1.54, 1.807) is 6.20 Å². The summed E-state index contributed by atoms with van der Waals surface area (Å²) in [6.07, 6.45) is 3.73. The summed E-state index contributed by atoms with van der Waals surface area (Å²) in [4.78, 5) is 14.2. The van der Waals surface area contributed by atoms with E-state index in [-0.39, 0.29) is 11.3 Å². The minimum atomic E-state index is -0.420. The average Bonchev–Trinajstić information content (AvgIpc) is 2.90. The molecule has 1 saturated heterocycles. The summed E-state index contributed by atoms with van der Waals surface area (Å²) in [6, 6.07) is 1.60. The fraction of sp³-hybridized carbons (Fsp3) is 0.714. The molecular formula is C14H24N4O. The van der Waals surface area contributed by atoms with Crippen LogP contribution >= 0.6 is 0 Å². The van der Waals surface area contributed by atoms with Crippen molar-refractivity contribution in [3.05, 3.63) is 18.0 Å². The number of hydrogen-bond acceptors (Lipinski definition) is 3. The van der Waals surface area contributed by atoms with Gasteiger partial charge in [0.15, 0.2) is 0 Å². The van der Waals surface area contributed by atoms with E-state index in [9.17, 15) is 4.79 Å². The molecule has 1 fully saturated rings. The van der Waals surface area contributed by atoms with Gasteiger partial charge in [-0.1, -0.05) is 20.8 Å². The summed E-state index contributed by atoms with van der Waals surface area (Å²) in [7, 11) is 0. The molecule has 106 valence electrons. The highest BCUT2D eigenvalue weighted by molar-refractivity contribution is 5.82. The Balaban J connectivity index is 1.91. The first-order chi connectivity index (χ1) is 8.89. The average molecular weight is 264 g/mol. The number of nitrogens with two attached hydrogens (primary N) is 1. The molecule has 1 aliphatic rings. The second-order valence-electron chi connectivity index (χ2n) is 6.46. The van der Waals surface area contributed by atoms with Gasteiger partial charge < -0.3 is 10.6 Å². The number of aromatic amines is 1. The number of likely N-dealkylation sites (tertiary alicyclic amines) is 1. The molecule has 2 heterocycles. The first-order valence-corrected chi connectivity index (χ1v) is 6.93. The van der Waals surface area contributed by atoms with Gasteiger partial charge in [-0.25, -0.2) is 0 Å². The zero-order valence-corrected chi connectivity index (χ0v) is 12.0. The van der Waals surface area contributed by atoms with Crippen molar-refractivity contribution in [2.24, 2.45) is 11.1 Å². The zero-order valence-electron chi connectivity index (χ0n) is 12.0. The van der Waals surface area contributed by atoms with E-state index < -0.39 is 6.04 Å². The molecule has 1 aromatic rings. The Morgan fingerprint density at radius 2 is 2.11 bits per heavy atom. The van der Waals surface area contributed by atoms with Crippen LogP contribution in [0.2, 0.25) is 0 Å². The number of rotatable bonds is 2. The first-order valence-electron chi connectivity index (χ1n) is 6.93. The Morgan fingerprint density at radius 1 is 1.47 bits per heavy atom. The SMILES string of the molecule is CC(C)(C)[C@H](N)C(=O)N1CCC(c2ccn[nH]2)CC1. The number of amides is 1. The van der Waals surface area contributed by atoms with Crippen LogP contribution in [0.1, 0.15) is 45.2 Å². The summed E-state index contributed by atoms with van der Waals surface area (Å²) in [5.41, 5.74) is 7.04. The highest BCUT2D eigenvalue weighted by Gasteiger charge is 2.33. The second-order valence-corrected chi connectivity index (χ2v) is 6.46. The Bertz CT molecular complexity index is 413. The van der Waals surface area contributed by atoms with Crippen LogP contribution in [0.3, 0.4) is 0 Å². The van der Waals surface area contributed by atoms with Crippen molar-refractivity contribution in [2.75, 3.05) is 13.1 Å². The number of carbonyl (C=O) groups excluding carboxylic acids is 1. The van der Waals surface area contributed by atoms with Crippen LogP contribution < -0.4 is 5.73 Å². The topological polar surface area (TPSA) is 75.0 Å². The largest absolute Gasteiger partial charge is 0.341 e. The molecule has 0 saturated carbocycles. The maximum Gasteiger partial charge on any atom is 0.240 e. The van der Waals surface area contributed by atoms with Gasteiger partial charge in [0.25, 0.3) is 0 Å². The van der Waals surface area contributed by atoms with E-state index in [2.05, 4.69) is 10.2 Å². The minimum Gasteiger partial charge on any atom is -0.341 e. The van der Waals surface area contributed by atoms with Crippen molar-refractivity contribution < 1.29 is 4.79 Å². The Kier molecular flexibility index (Phi) is 3.94. The van der Waals surface area contributed by atoms with Gasteiger partial charge in [-0.15, -0.1) is 0 Å². The highest BCUT2D eigenvalue weighted by Crippen LogP contribution is 2.28. The van der Waals surface area contributed by atoms with Gasteiger partial charge in [0.05, 0.1) is 6.04 Å². The lowest BCUT2D eigenvalue weighted by Crippen LogP contribution is -2.52. The molecule has 1 aliphatic heterocycles. The lowest BCUT2D eigenvalue weighted by atomic mass is 9.85. The van der Waals surface area contributed by atoms with Crippen LogP contribution in [-0.2, 0) is 4.79 Å². The fourth-order valence-corrected chi connectivity index (χ4v) is 2.47. The molecule has 5 nitrogen and oxygen atoms in total. The van der Waals surface area contributed by atoms with E-state index in [1.165, 1.54) is 5.69 Å². The van der Waals surface area contributed by atoms with Crippen LogP contribution in [0.5, 0.6) is 0 Å². The van der Waals surface area contributed by atoms with Crippen molar-refractivity contribution >= 4 is 5.91 Å². The van der Waals surface area contributed by atoms with Crippen molar-refractivity contribution in [3.8, 4) is 0 Å². The van der Waals surface area contributed by atoms with E-state index >= 15 is 0 Å². The number of H-pyrrole nitrogens is 1. The molecule has 0 bridgehead atoms. The van der Waals surface area contributed by atoms with Gasteiger partial charge in [-0.05, 0) is 24.3 Å². The third-order valence-electron chi connectivity index (χ3n) is 3.97. The van der Waals surface area contributed by atoms with Crippen LogP contribution in [0.25, 0.3) is 0 Å². The number of hydrogen-bond donors (Lipinski definition) is 2. The lowest BCUT2D eigenvalue weighted by Gasteiger charge is -2.36. The van der Waals surface area contributed by atoms with E-state index in [0.29, 0.717) is 5.92 Å². The molecule has 2 rings (SSSR count). The predicted octanol–water partition coefficient (Wildman–Crippen LogP) is 1.49. The standard InChI is InChI=1S/C14H24N4O/c1-14(2,3)12(15)13(19)18-8-5-10(6-9-18)11-4-7-16-17-11/h4,7,10,12H,5-6,8-9,15H2,1-3H3,(H,16,17)/t12-/m1/s1. The molecule has 0 radical (unpaired) electrons. The van der Waals surface area contributed by atoms with Crippen LogP contribution in [0, 0.1) is 5.41 Å². The summed E-state index contributed by atoms with van der Waals surface area (Å²) in [5, 5.41) is 7.01. The Morgan fingerprint density at radius 3 is 2.58 bits per heavy atom. The molecule has 3 N–H and O–H groups in total. The van der Waals surface area contributed by atoms with Crippen LogP contribution in [0.15, 0.2) is 12.3 Å². The van der Waals surface area contributed by atoms with Crippen molar-refractivity contribution in [1.82, 2.24) is 15.1 Å². The van der Waals surface area contributed by atoms with Gasteiger partial charge >= 0.3 is 0 Å². The number of piperidine rings is 1. The lowest BCUT2D eigenvalue weighted by molar-refractivity contribution is -0.136. The molecule has 0 spiro atoms. The molecule has 19 heavy (non-hydrogen) atoms. The summed E-state index contributed by atoms with van der Waals surface area (Å²) in [5.74, 6) is 0.563. The van der Waals surface area contributed by atoms with Crippen molar-refractivity contribution in [3.63, 3.8) is 0 Å². The smallest absolute Gasteiger partial charge is 0.240 e. The van der Waals surface area contributed by atoms with Crippen LogP contribution in [0.4, 0.5) is 0 Å². The number of nitrogens with one attached hydrogen (secondary N) is 1. The maximum absolute atomic E-state index is 12.3. The number of nitrogens with zero attached hydrogens (tertiary/aromatic N) is 2. The molecule has 0 aliphatic carbocycles. The highest BCUT2D eigenvalue weighted by atomic mass is 16.2. The molecule has 0 aromatic carbocycles. The molecule has 5 heteroatoms. The number of aromatic nitrogens is 2.